The van der Waals surface area contributed by atoms with Crippen molar-refractivity contribution in [2.75, 3.05) is 13.1 Å². The summed E-state index contributed by atoms with van der Waals surface area (Å²) in [7, 11) is 0. The predicted molar refractivity (Wildman–Crippen MR) is 86.4 cm³/mol. The average molecular weight is 282 g/mol. The molecule has 0 bridgehead atoms. The lowest BCUT2D eigenvalue weighted by molar-refractivity contribution is 0.196. The number of pyridine rings is 1. The van der Waals surface area contributed by atoms with Gasteiger partial charge in [-0.3, -0.25) is 15.3 Å². The van der Waals surface area contributed by atoms with E-state index in [2.05, 4.69) is 34.1 Å². The fourth-order valence-electron chi connectivity index (χ4n) is 3.22. The fourth-order valence-corrected chi connectivity index (χ4v) is 3.22. The molecule has 2 aromatic rings. The number of para-hydroxylation sites is 1. The second kappa shape index (κ2) is 5.82. The van der Waals surface area contributed by atoms with Crippen LogP contribution in [-0.2, 0) is 6.54 Å². The number of likely N-dealkylation sites (tertiary alicyclic amines) is 1. The van der Waals surface area contributed by atoms with Crippen molar-refractivity contribution in [3.63, 3.8) is 0 Å². The van der Waals surface area contributed by atoms with Gasteiger partial charge in [0.25, 0.3) is 0 Å². The minimum absolute atomic E-state index is 0.216. The molecule has 3 rings (SSSR count). The number of fused-ring (bicyclic) bond motifs is 1. The first-order chi connectivity index (χ1) is 10.1. The normalized spacial score (nSPS) is 19.8. The smallest absolute Gasteiger partial charge is 0.0949 e. The maximum Gasteiger partial charge on any atom is 0.0949 e. The summed E-state index contributed by atoms with van der Waals surface area (Å²) in [5, 5.41) is 8.89. The molecular formula is C17H22N4. The van der Waals surface area contributed by atoms with Gasteiger partial charge in [-0.2, -0.15) is 0 Å². The summed E-state index contributed by atoms with van der Waals surface area (Å²) in [6, 6.07) is 10.5. The quantitative estimate of drug-likeness (QED) is 0.672. The Morgan fingerprint density at radius 1 is 1.43 bits per heavy atom. The van der Waals surface area contributed by atoms with Crippen molar-refractivity contribution < 1.29 is 0 Å². The third-order valence-electron chi connectivity index (χ3n) is 4.27. The van der Waals surface area contributed by atoms with Crippen LogP contribution in [0.1, 0.15) is 24.1 Å². The van der Waals surface area contributed by atoms with Crippen LogP contribution >= 0.6 is 0 Å². The van der Waals surface area contributed by atoms with Gasteiger partial charge in [0.05, 0.1) is 11.4 Å². The number of amidine groups is 1. The third kappa shape index (κ3) is 3.05. The molecule has 4 nitrogen and oxygen atoms in total. The van der Waals surface area contributed by atoms with Crippen LogP contribution in [-0.4, -0.2) is 28.8 Å². The molecule has 110 valence electrons. The summed E-state index contributed by atoms with van der Waals surface area (Å²) in [4.78, 5) is 7.01. The Morgan fingerprint density at radius 2 is 2.24 bits per heavy atom. The maximum absolute atomic E-state index is 7.66. The Labute approximate surface area is 125 Å². The van der Waals surface area contributed by atoms with Gasteiger partial charge < -0.3 is 5.73 Å². The van der Waals surface area contributed by atoms with E-state index in [0.717, 1.165) is 43.7 Å². The monoisotopic (exact) mass is 282 g/mol. The maximum atomic E-state index is 7.66. The van der Waals surface area contributed by atoms with E-state index in [1.807, 2.05) is 13.0 Å². The predicted octanol–water partition coefficient (Wildman–Crippen LogP) is 2.69. The van der Waals surface area contributed by atoms with Gasteiger partial charge >= 0.3 is 0 Å². The zero-order chi connectivity index (χ0) is 14.8. The number of aromatic nitrogens is 1. The molecule has 3 N–H and O–H groups in total. The molecule has 1 aromatic heterocycles. The number of nitrogens with zero attached hydrogens (tertiary/aromatic N) is 2. The molecule has 1 aliphatic rings. The van der Waals surface area contributed by atoms with E-state index >= 15 is 0 Å². The highest BCUT2D eigenvalue weighted by Crippen LogP contribution is 2.23. The Kier molecular flexibility index (Phi) is 3.88. The second-order valence-corrected chi connectivity index (χ2v) is 5.97. The van der Waals surface area contributed by atoms with Gasteiger partial charge in [-0.05, 0) is 44.0 Å². The molecule has 1 saturated heterocycles. The van der Waals surface area contributed by atoms with Crippen molar-refractivity contribution in [2.24, 2.45) is 11.7 Å². The first kappa shape index (κ1) is 14.0. The van der Waals surface area contributed by atoms with Crippen molar-refractivity contribution in [1.29, 1.82) is 5.41 Å². The van der Waals surface area contributed by atoms with Gasteiger partial charge in [0, 0.05) is 30.1 Å². The number of piperidine rings is 1. The van der Waals surface area contributed by atoms with Crippen molar-refractivity contribution in [1.82, 2.24) is 9.88 Å². The minimum atomic E-state index is 0.216. The van der Waals surface area contributed by atoms with Crippen molar-refractivity contribution in [3.8, 4) is 0 Å². The highest BCUT2D eigenvalue weighted by atomic mass is 15.1. The van der Waals surface area contributed by atoms with Gasteiger partial charge in [0.15, 0.2) is 0 Å². The van der Waals surface area contributed by atoms with E-state index in [1.165, 1.54) is 10.9 Å². The number of hydrogen-bond donors (Lipinski definition) is 2. The number of rotatable bonds is 3. The molecule has 21 heavy (non-hydrogen) atoms. The van der Waals surface area contributed by atoms with Gasteiger partial charge in [0.1, 0.15) is 0 Å². The van der Waals surface area contributed by atoms with Gasteiger partial charge in [0.2, 0.25) is 0 Å². The van der Waals surface area contributed by atoms with Crippen molar-refractivity contribution >= 4 is 16.7 Å². The van der Waals surface area contributed by atoms with Gasteiger partial charge in [-0.25, -0.2) is 0 Å². The van der Waals surface area contributed by atoms with Crippen LogP contribution in [0.25, 0.3) is 10.9 Å². The summed E-state index contributed by atoms with van der Waals surface area (Å²) in [6.45, 7) is 4.93. The van der Waals surface area contributed by atoms with E-state index < -0.39 is 0 Å². The number of hydrogen-bond acceptors (Lipinski definition) is 3. The van der Waals surface area contributed by atoms with Crippen LogP contribution in [0.15, 0.2) is 30.3 Å². The zero-order valence-corrected chi connectivity index (χ0v) is 12.5. The molecule has 2 heterocycles. The summed E-state index contributed by atoms with van der Waals surface area (Å²) < 4.78 is 0. The van der Waals surface area contributed by atoms with E-state index in [4.69, 9.17) is 11.1 Å². The first-order valence-corrected chi connectivity index (χ1v) is 7.55. The standard InChI is InChI=1S/C17H22N4/c1-12-9-14(15-6-2-3-7-16(15)20-12)11-21-8-4-5-13(10-21)17(18)19/h2-3,6-7,9,13H,4-5,8,10-11H2,1H3,(H3,18,19). The summed E-state index contributed by atoms with van der Waals surface area (Å²) >= 11 is 0. The Hall–Kier alpha value is -1.94. The number of aryl methyl sites for hydroxylation is 1. The largest absolute Gasteiger partial charge is 0.387 e. The van der Waals surface area contributed by atoms with E-state index in [-0.39, 0.29) is 5.92 Å². The van der Waals surface area contributed by atoms with Crippen LogP contribution < -0.4 is 5.73 Å². The molecule has 0 spiro atoms. The Morgan fingerprint density at radius 3 is 3.05 bits per heavy atom. The first-order valence-electron chi connectivity index (χ1n) is 7.55. The van der Waals surface area contributed by atoms with Crippen LogP contribution in [0.3, 0.4) is 0 Å². The molecule has 1 aliphatic heterocycles. The van der Waals surface area contributed by atoms with Gasteiger partial charge in [-0.15, -0.1) is 0 Å². The Bertz CT molecular complexity index is 665. The number of nitrogens with one attached hydrogen (secondary N) is 1. The highest BCUT2D eigenvalue weighted by Gasteiger charge is 2.22. The van der Waals surface area contributed by atoms with Crippen LogP contribution in [0, 0.1) is 18.3 Å². The molecule has 0 amide bonds. The molecule has 0 saturated carbocycles. The lowest BCUT2D eigenvalue weighted by Crippen LogP contribution is -2.40. The van der Waals surface area contributed by atoms with E-state index in [0.29, 0.717) is 5.84 Å². The van der Waals surface area contributed by atoms with Crippen molar-refractivity contribution in [3.05, 3.63) is 41.6 Å². The summed E-state index contributed by atoms with van der Waals surface area (Å²) in [5.74, 6) is 0.545. The summed E-state index contributed by atoms with van der Waals surface area (Å²) in [5.41, 5.74) is 9.13. The average Bonchev–Trinajstić information content (AvgIpc) is 2.47. The molecule has 0 radical (unpaired) electrons. The molecule has 1 atom stereocenters. The molecule has 1 fully saturated rings. The fraction of sp³-hybridized carbons (Fsp3) is 0.412. The zero-order valence-electron chi connectivity index (χ0n) is 12.5. The molecular weight excluding hydrogens is 260 g/mol. The number of nitrogens with two attached hydrogens (primary N) is 1. The topological polar surface area (TPSA) is 66.0 Å². The lowest BCUT2D eigenvalue weighted by Gasteiger charge is -2.32. The molecule has 1 aromatic carbocycles. The van der Waals surface area contributed by atoms with Crippen LogP contribution in [0.5, 0.6) is 0 Å². The van der Waals surface area contributed by atoms with Crippen LogP contribution in [0.2, 0.25) is 0 Å². The van der Waals surface area contributed by atoms with E-state index in [9.17, 15) is 0 Å². The summed E-state index contributed by atoms with van der Waals surface area (Å²) in [6.07, 6.45) is 2.16. The molecule has 1 unspecified atom stereocenters. The second-order valence-electron chi connectivity index (χ2n) is 5.97. The molecule has 4 heteroatoms. The number of benzene rings is 1. The third-order valence-corrected chi connectivity index (χ3v) is 4.27. The van der Waals surface area contributed by atoms with Crippen molar-refractivity contribution in [2.45, 2.75) is 26.3 Å². The highest BCUT2D eigenvalue weighted by molar-refractivity contribution is 5.82. The van der Waals surface area contributed by atoms with E-state index in [1.54, 1.807) is 0 Å². The molecule has 0 aliphatic carbocycles. The Balaban J connectivity index is 1.86. The SMILES string of the molecule is Cc1cc(CN2CCCC(C(=N)N)C2)c2ccccc2n1. The lowest BCUT2D eigenvalue weighted by atomic mass is 9.96. The minimum Gasteiger partial charge on any atom is -0.387 e. The van der Waals surface area contributed by atoms with Gasteiger partial charge in [-0.1, -0.05) is 18.2 Å². The van der Waals surface area contributed by atoms with Crippen LogP contribution in [0.4, 0.5) is 0 Å².